The molecule has 0 aromatic heterocycles. The zero-order valence-corrected chi connectivity index (χ0v) is 12.2. The summed E-state index contributed by atoms with van der Waals surface area (Å²) in [4.78, 5) is 34.6. The molecule has 1 fully saturated rings. The number of nitro benzene ring substituents is 1. The van der Waals surface area contributed by atoms with Crippen molar-refractivity contribution >= 4 is 29.4 Å². The van der Waals surface area contributed by atoms with Gasteiger partial charge in [0.25, 0.3) is 5.69 Å². The van der Waals surface area contributed by atoms with E-state index in [4.69, 9.17) is 9.47 Å². The topological polar surface area (TPSA) is 95.7 Å². The molecule has 0 unspecified atom stereocenters. The third-order valence-electron chi connectivity index (χ3n) is 3.00. The average Bonchev–Trinajstić information content (AvgIpc) is 2.75. The van der Waals surface area contributed by atoms with Gasteiger partial charge in [-0.2, -0.15) is 0 Å². The van der Waals surface area contributed by atoms with Crippen LogP contribution in [0.4, 0.5) is 5.69 Å². The van der Waals surface area contributed by atoms with Crippen LogP contribution in [0.2, 0.25) is 0 Å². The molecule has 112 valence electrons. The van der Waals surface area contributed by atoms with E-state index < -0.39 is 23.0 Å². The molecule has 0 aliphatic carbocycles. The number of cyclic esters (lactones) is 1. The molecular formula is C13H13NO6S. The Balaban J connectivity index is 2.25. The molecule has 0 saturated carbocycles. The molecule has 1 saturated heterocycles. The molecule has 0 N–H and O–H groups in total. The Hall–Kier alpha value is -2.09. The molecule has 0 spiro atoms. The van der Waals surface area contributed by atoms with Crippen molar-refractivity contribution in [2.45, 2.75) is 30.4 Å². The summed E-state index contributed by atoms with van der Waals surface area (Å²) in [5.41, 5.74) is -0.517. The lowest BCUT2D eigenvalue weighted by Gasteiger charge is -2.09. The standard InChI is InChI=1S/C13H13NO6S/c1-7-5-11(13(16)19-7)20-12(15)9-6-8(21-2)3-4-10(9)14(17)18/h3-4,6-7,11H,5H2,1-2H3/t7-,11+/m0/s1. The summed E-state index contributed by atoms with van der Waals surface area (Å²) in [6, 6.07) is 4.18. The van der Waals surface area contributed by atoms with Crippen LogP contribution < -0.4 is 0 Å². The normalized spacial score (nSPS) is 21.0. The summed E-state index contributed by atoms with van der Waals surface area (Å²) in [6.45, 7) is 1.68. The number of nitrogens with zero attached hydrogens (tertiary/aromatic N) is 1. The fraction of sp³-hybridized carbons (Fsp3) is 0.385. The number of nitro groups is 1. The van der Waals surface area contributed by atoms with Crippen molar-refractivity contribution in [1.29, 1.82) is 0 Å². The molecule has 2 atom stereocenters. The Labute approximate surface area is 124 Å². The third-order valence-corrected chi connectivity index (χ3v) is 3.72. The van der Waals surface area contributed by atoms with Crippen molar-refractivity contribution in [3.63, 3.8) is 0 Å². The zero-order valence-electron chi connectivity index (χ0n) is 11.4. The lowest BCUT2D eigenvalue weighted by atomic mass is 10.1. The molecule has 2 rings (SSSR count). The van der Waals surface area contributed by atoms with Crippen LogP contribution in [0.5, 0.6) is 0 Å². The first-order valence-corrected chi connectivity index (χ1v) is 7.38. The highest BCUT2D eigenvalue weighted by molar-refractivity contribution is 7.98. The van der Waals surface area contributed by atoms with Crippen molar-refractivity contribution in [3.8, 4) is 0 Å². The fourth-order valence-corrected chi connectivity index (χ4v) is 2.41. The predicted molar refractivity (Wildman–Crippen MR) is 74.3 cm³/mol. The summed E-state index contributed by atoms with van der Waals surface area (Å²) in [5.74, 6) is -1.52. The van der Waals surface area contributed by atoms with Crippen LogP contribution in [0.3, 0.4) is 0 Å². The van der Waals surface area contributed by atoms with Gasteiger partial charge in [-0.25, -0.2) is 9.59 Å². The maximum absolute atomic E-state index is 12.1. The Bertz CT molecular complexity index is 602. The summed E-state index contributed by atoms with van der Waals surface area (Å²) in [6.07, 6.45) is 0.695. The summed E-state index contributed by atoms with van der Waals surface area (Å²) >= 11 is 1.34. The SMILES string of the molecule is CSc1ccc([N+](=O)[O-])c(C(=O)O[C@@H]2C[C@H](C)OC2=O)c1. The third kappa shape index (κ3) is 3.33. The Morgan fingerprint density at radius 3 is 2.76 bits per heavy atom. The van der Waals surface area contributed by atoms with Gasteiger partial charge in [0, 0.05) is 17.4 Å². The van der Waals surface area contributed by atoms with Gasteiger partial charge >= 0.3 is 11.9 Å². The van der Waals surface area contributed by atoms with Crippen LogP contribution in [-0.4, -0.2) is 35.3 Å². The van der Waals surface area contributed by atoms with E-state index in [0.29, 0.717) is 4.90 Å². The molecule has 1 aromatic carbocycles. The van der Waals surface area contributed by atoms with Gasteiger partial charge in [-0.15, -0.1) is 11.8 Å². The number of thioether (sulfide) groups is 1. The van der Waals surface area contributed by atoms with Crippen molar-refractivity contribution in [3.05, 3.63) is 33.9 Å². The maximum Gasteiger partial charge on any atom is 0.347 e. The second-order valence-corrected chi connectivity index (χ2v) is 5.40. The number of carbonyl (C=O) groups excluding carboxylic acids is 2. The van der Waals surface area contributed by atoms with Crippen molar-refractivity contribution < 1.29 is 24.0 Å². The number of carbonyl (C=O) groups is 2. The number of esters is 2. The number of benzene rings is 1. The van der Waals surface area contributed by atoms with Gasteiger partial charge in [0.1, 0.15) is 11.7 Å². The second kappa shape index (κ2) is 6.13. The molecule has 1 aliphatic rings. The number of hydrogen-bond acceptors (Lipinski definition) is 7. The smallest absolute Gasteiger partial charge is 0.347 e. The molecule has 1 aliphatic heterocycles. The highest BCUT2D eigenvalue weighted by Crippen LogP contribution is 2.27. The molecule has 21 heavy (non-hydrogen) atoms. The van der Waals surface area contributed by atoms with Crippen LogP contribution in [0.15, 0.2) is 23.1 Å². The first-order chi connectivity index (χ1) is 9.92. The summed E-state index contributed by atoms with van der Waals surface area (Å²) in [5, 5.41) is 11.0. The van der Waals surface area contributed by atoms with Gasteiger partial charge in [0.15, 0.2) is 0 Å². The van der Waals surface area contributed by atoms with Crippen LogP contribution in [-0.2, 0) is 14.3 Å². The molecular weight excluding hydrogens is 298 g/mol. The highest BCUT2D eigenvalue weighted by Gasteiger charge is 2.36. The maximum atomic E-state index is 12.1. The van der Waals surface area contributed by atoms with E-state index in [9.17, 15) is 19.7 Å². The average molecular weight is 311 g/mol. The zero-order chi connectivity index (χ0) is 15.6. The lowest BCUT2D eigenvalue weighted by molar-refractivity contribution is -0.385. The van der Waals surface area contributed by atoms with E-state index in [-0.39, 0.29) is 23.8 Å². The number of rotatable bonds is 4. The van der Waals surface area contributed by atoms with Gasteiger partial charge in [-0.1, -0.05) is 0 Å². The molecule has 0 radical (unpaired) electrons. The van der Waals surface area contributed by atoms with Crippen LogP contribution in [0.25, 0.3) is 0 Å². The van der Waals surface area contributed by atoms with Gasteiger partial charge in [-0.05, 0) is 25.3 Å². The quantitative estimate of drug-likeness (QED) is 0.364. The van der Waals surface area contributed by atoms with Gasteiger partial charge < -0.3 is 9.47 Å². The Morgan fingerprint density at radius 1 is 1.52 bits per heavy atom. The molecule has 8 heteroatoms. The van der Waals surface area contributed by atoms with Crippen molar-refractivity contribution in [2.24, 2.45) is 0 Å². The predicted octanol–water partition coefficient (Wildman–Crippen LogP) is 2.18. The Kier molecular flexibility index (Phi) is 4.46. The van der Waals surface area contributed by atoms with E-state index in [0.717, 1.165) is 0 Å². The van der Waals surface area contributed by atoms with Gasteiger partial charge in [0.05, 0.1) is 4.92 Å². The number of hydrogen-bond donors (Lipinski definition) is 0. The first-order valence-electron chi connectivity index (χ1n) is 6.16. The fourth-order valence-electron chi connectivity index (χ4n) is 1.97. The minimum Gasteiger partial charge on any atom is -0.460 e. The van der Waals surface area contributed by atoms with E-state index in [1.807, 2.05) is 0 Å². The summed E-state index contributed by atoms with van der Waals surface area (Å²) in [7, 11) is 0. The molecule has 0 amide bonds. The van der Waals surface area contributed by atoms with Crippen LogP contribution in [0, 0.1) is 10.1 Å². The second-order valence-electron chi connectivity index (χ2n) is 4.52. The molecule has 0 bridgehead atoms. The van der Waals surface area contributed by atoms with E-state index >= 15 is 0 Å². The van der Waals surface area contributed by atoms with Gasteiger partial charge in [-0.3, -0.25) is 10.1 Å². The Morgan fingerprint density at radius 2 is 2.24 bits per heavy atom. The van der Waals surface area contributed by atoms with Crippen molar-refractivity contribution in [2.75, 3.05) is 6.26 Å². The molecule has 1 aromatic rings. The monoisotopic (exact) mass is 311 g/mol. The molecule has 7 nitrogen and oxygen atoms in total. The number of ether oxygens (including phenoxy) is 2. The minimum atomic E-state index is -1.01. The molecule has 1 heterocycles. The highest BCUT2D eigenvalue weighted by atomic mass is 32.2. The van der Waals surface area contributed by atoms with E-state index in [2.05, 4.69) is 0 Å². The van der Waals surface area contributed by atoms with Gasteiger partial charge in [0.2, 0.25) is 6.10 Å². The van der Waals surface area contributed by atoms with Crippen molar-refractivity contribution in [1.82, 2.24) is 0 Å². The lowest BCUT2D eigenvalue weighted by Crippen LogP contribution is -2.23. The van der Waals surface area contributed by atoms with Crippen LogP contribution >= 0.6 is 11.8 Å². The van der Waals surface area contributed by atoms with E-state index in [1.54, 1.807) is 19.2 Å². The minimum absolute atomic E-state index is 0.167. The van der Waals surface area contributed by atoms with Crippen LogP contribution in [0.1, 0.15) is 23.7 Å². The summed E-state index contributed by atoms with van der Waals surface area (Å²) < 4.78 is 9.92. The van der Waals surface area contributed by atoms with E-state index in [1.165, 1.54) is 23.9 Å². The first kappa shape index (κ1) is 15.3. The largest absolute Gasteiger partial charge is 0.460 e.